The van der Waals surface area contributed by atoms with Crippen LogP contribution in [0.15, 0.2) is 23.3 Å². The third-order valence-corrected chi connectivity index (χ3v) is 2.52. The molecule has 0 saturated heterocycles. The van der Waals surface area contributed by atoms with Crippen molar-refractivity contribution in [3.63, 3.8) is 0 Å². The Kier molecular flexibility index (Phi) is 5.13. The lowest BCUT2D eigenvalue weighted by Gasteiger charge is -2.17. The lowest BCUT2D eigenvalue weighted by Crippen LogP contribution is -2.21. The van der Waals surface area contributed by atoms with Crippen molar-refractivity contribution in [2.75, 3.05) is 19.4 Å². The molecule has 1 rings (SSSR count). The maximum Gasteiger partial charge on any atom is 0.339 e. The fraction of sp³-hybridized carbons (Fsp3) is 0.364. The van der Waals surface area contributed by atoms with Gasteiger partial charge in [0.05, 0.1) is 25.3 Å². The van der Waals surface area contributed by atoms with Gasteiger partial charge in [-0.3, -0.25) is 0 Å². The van der Waals surface area contributed by atoms with Gasteiger partial charge in [0, 0.05) is 10.6 Å². The molecule has 0 aromatic heterocycles. The van der Waals surface area contributed by atoms with Crippen molar-refractivity contribution in [2.45, 2.75) is 12.2 Å². The average Bonchev–Trinajstić information content (AvgIpc) is 2.42. The molecule has 2 atom stereocenters. The van der Waals surface area contributed by atoms with E-state index in [-0.39, 0.29) is 17.8 Å². The van der Waals surface area contributed by atoms with Gasteiger partial charge >= 0.3 is 5.97 Å². The van der Waals surface area contributed by atoms with Crippen LogP contribution in [0.4, 0.5) is 5.69 Å². The zero-order valence-electron chi connectivity index (χ0n) is 10.2. The van der Waals surface area contributed by atoms with E-state index in [1.165, 1.54) is 25.3 Å². The van der Waals surface area contributed by atoms with Crippen LogP contribution in [0.2, 0.25) is 0 Å². The summed E-state index contributed by atoms with van der Waals surface area (Å²) in [6.45, 7) is -0.268. The van der Waals surface area contributed by atoms with E-state index in [0.717, 1.165) is 0 Å². The van der Waals surface area contributed by atoms with Crippen LogP contribution in [0.5, 0.6) is 0 Å². The number of methoxy groups -OCH3 is 1. The lowest BCUT2D eigenvalue weighted by molar-refractivity contribution is 0.0244. The minimum Gasteiger partial charge on any atom is -0.465 e. The number of rotatable bonds is 5. The van der Waals surface area contributed by atoms with Gasteiger partial charge in [-0.1, -0.05) is 11.2 Å². The van der Waals surface area contributed by atoms with E-state index in [4.69, 9.17) is 11.3 Å². The van der Waals surface area contributed by atoms with Crippen molar-refractivity contribution in [2.24, 2.45) is 5.11 Å². The quantitative estimate of drug-likeness (QED) is 0.237. The highest BCUT2D eigenvalue weighted by Crippen LogP contribution is 2.22. The van der Waals surface area contributed by atoms with Gasteiger partial charge in [-0.2, -0.15) is 0 Å². The van der Waals surface area contributed by atoms with E-state index in [9.17, 15) is 15.0 Å². The molecule has 1 aromatic rings. The second-order valence-electron chi connectivity index (χ2n) is 3.76. The van der Waals surface area contributed by atoms with Gasteiger partial charge in [-0.15, -0.1) is 0 Å². The number of carbonyl (C=O) groups excluding carboxylic acids is 1. The topological polar surface area (TPSA) is 142 Å². The maximum absolute atomic E-state index is 11.3. The number of carbonyl (C=O) groups is 1. The summed E-state index contributed by atoms with van der Waals surface area (Å²) in [5.74, 6) is -0.590. The summed E-state index contributed by atoms with van der Waals surface area (Å²) in [6.07, 6.45) is -2.52. The predicted octanol–water partition coefficient (Wildman–Crippen LogP) is 0.760. The molecule has 8 heteroatoms. The molecular weight excluding hydrogens is 252 g/mol. The van der Waals surface area contributed by atoms with Gasteiger partial charge in [0.2, 0.25) is 0 Å². The van der Waals surface area contributed by atoms with Crippen molar-refractivity contribution < 1.29 is 19.7 Å². The molecule has 0 heterocycles. The van der Waals surface area contributed by atoms with Crippen LogP contribution < -0.4 is 5.73 Å². The predicted molar refractivity (Wildman–Crippen MR) is 67.2 cm³/mol. The lowest BCUT2D eigenvalue weighted by atomic mass is 10.0. The molecule has 0 bridgehead atoms. The summed E-state index contributed by atoms with van der Waals surface area (Å²) >= 11 is 0. The minimum absolute atomic E-state index is 0.124. The van der Waals surface area contributed by atoms with Gasteiger partial charge in [-0.05, 0) is 23.2 Å². The van der Waals surface area contributed by atoms with Gasteiger partial charge in [-0.25, -0.2) is 4.79 Å². The van der Waals surface area contributed by atoms with Crippen LogP contribution >= 0.6 is 0 Å². The van der Waals surface area contributed by atoms with Crippen molar-refractivity contribution in [3.8, 4) is 0 Å². The first-order chi connectivity index (χ1) is 9.01. The SMILES string of the molecule is COC(=O)c1ccc(C(O)C(O)CN=[N+]=[N-])cc1N. The molecule has 8 nitrogen and oxygen atoms in total. The minimum atomic E-state index is -1.26. The Morgan fingerprint density at radius 1 is 1.58 bits per heavy atom. The second-order valence-corrected chi connectivity index (χ2v) is 3.76. The molecule has 0 amide bonds. The fourth-order valence-corrected chi connectivity index (χ4v) is 1.50. The van der Waals surface area contributed by atoms with Crippen molar-refractivity contribution in [1.29, 1.82) is 0 Å². The summed E-state index contributed by atoms with van der Waals surface area (Å²) < 4.78 is 4.53. The smallest absolute Gasteiger partial charge is 0.339 e. The number of hydrogen-bond acceptors (Lipinski definition) is 6. The molecular formula is C11H14N4O4. The molecule has 1 aromatic carbocycles. The standard InChI is InChI=1S/C11H14N4O4/c1-19-11(18)7-3-2-6(4-8(7)12)10(17)9(16)5-14-15-13/h2-4,9-10,16-17H,5,12H2,1H3. The Bertz CT molecular complexity index is 513. The third kappa shape index (κ3) is 3.59. The fourth-order valence-electron chi connectivity index (χ4n) is 1.50. The van der Waals surface area contributed by atoms with E-state index < -0.39 is 18.2 Å². The molecule has 0 aliphatic rings. The largest absolute Gasteiger partial charge is 0.465 e. The van der Waals surface area contributed by atoms with Crippen molar-refractivity contribution in [1.82, 2.24) is 0 Å². The highest BCUT2D eigenvalue weighted by molar-refractivity contribution is 5.95. The van der Waals surface area contributed by atoms with E-state index in [2.05, 4.69) is 14.8 Å². The Balaban J connectivity index is 2.94. The molecule has 0 radical (unpaired) electrons. The van der Waals surface area contributed by atoms with Crippen LogP contribution in [0, 0.1) is 0 Å². The zero-order valence-corrected chi connectivity index (χ0v) is 10.2. The number of nitrogens with zero attached hydrogens (tertiary/aromatic N) is 3. The number of anilines is 1. The molecule has 4 N–H and O–H groups in total. The number of ether oxygens (including phenoxy) is 1. The van der Waals surface area contributed by atoms with Gasteiger partial charge in [0.25, 0.3) is 0 Å². The summed E-state index contributed by atoms with van der Waals surface area (Å²) in [4.78, 5) is 13.8. The average molecular weight is 266 g/mol. The number of benzene rings is 1. The Labute approximate surface area is 109 Å². The molecule has 102 valence electrons. The highest BCUT2D eigenvalue weighted by Gasteiger charge is 2.19. The van der Waals surface area contributed by atoms with E-state index in [1.807, 2.05) is 0 Å². The van der Waals surface area contributed by atoms with Crippen LogP contribution in [0.25, 0.3) is 10.4 Å². The van der Waals surface area contributed by atoms with Gasteiger partial charge in [0.1, 0.15) is 6.10 Å². The number of aliphatic hydroxyl groups is 2. The third-order valence-electron chi connectivity index (χ3n) is 2.52. The molecule has 0 fully saturated rings. The van der Waals surface area contributed by atoms with Crippen LogP contribution in [-0.2, 0) is 4.74 Å². The van der Waals surface area contributed by atoms with Crippen LogP contribution in [-0.4, -0.2) is 35.9 Å². The molecule has 0 aliphatic carbocycles. The zero-order chi connectivity index (χ0) is 14.4. The van der Waals surface area contributed by atoms with E-state index >= 15 is 0 Å². The number of esters is 1. The Morgan fingerprint density at radius 3 is 2.79 bits per heavy atom. The van der Waals surface area contributed by atoms with Crippen LogP contribution in [0.1, 0.15) is 22.0 Å². The molecule has 0 spiro atoms. The first-order valence-corrected chi connectivity index (χ1v) is 5.36. The Hall–Kier alpha value is -2.28. The number of nitrogens with two attached hydrogens (primary N) is 1. The Morgan fingerprint density at radius 2 is 2.26 bits per heavy atom. The van der Waals surface area contributed by atoms with Crippen molar-refractivity contribution >= 4 is 11.7 Å². The molecule has 2 unspecified atom stereocenters. The normalized spacial score (nSPS) is 13.2. The van der Waals surface area contributed by atoms with Gasteiger partial charge < -0.3 is 20.7 Å². The maximum atomic E-state index is 11.3. The highest BCUT2D eigenvalue weighted by atomic mass is 16.5. The van der Waals surface area contributed by atoms with E-state index in [0.29, 0.717) is 5.56 Å². The summed E-state index contributed by atoms with van der Waals surface area (Å²) in [7, 11) is 1.23. The van der Waals surface area contributed by atoms with E-state index in [1.54, 1.807) is 0 Å². The first-order valence-electron chi connectivity index (χ1n) is 5.36. The number of azide groups is 1. The number of aliphatic hydroxyl groups excluding tert-OH is 2. The summed E-state index contributed by atoms with van der Waals surface area (Å²) in [5, 5.41) is 22.6. The number of hydrogen-bond donors (Lipinski definition) is 3. The molecule has 0 aliphatic heterocycles. The summed E-state index contributed by atoms with van der Waals surface area (Å²) in [6, 6.07) is 4.18. The molecule has 0 saturated carbocycles. The van der Waals surface area contributed by atoms with Gasteiger partial charge in [0.15, 0.2) is 0 Å². The molecule has 19 heavy (non-hydrogen) atoms. The first kappa shape index (κ1) is 14.8. The van der Waals surface area contributed by atoms with Crippen LogP contribution in [0.3, 0.4) is 0 Å². The second kappa shape index (κ2) is 6.60. The summed E-state index contributed by atoms with van der Waals surface area (Å²) in [5.41, 5.74) is 14.4. The monoisotopic (exact) mass is 266 g/mol. The van der Waals surface area contributed by atoms with Crippen molar-refractivity contribution in [3.05, 3.63) is 39.8 Å². The number of nitrogen functional groups attached to an aromatic ring is 1.